The van der Waals surface area contributed by atoms with Crippen molar-refractivity contribution in [2.24, 2.45) is 11.1 Å². The van der Waals surface area contributed by atoms with Crippen molar-refractivity contribution in [2.75, 3.05) is 13.2 Å². The number of hydrogen-bond donors (Lipinski definition) is 2. The number of nitrogens with two attached hydrogens (primary N) is 1. The summed E-state index contributed by atoms with van der Waals surface area (Å²) in [6.45, 7) is 8.61. The van der Waals surface area contributed by atoms with Crippen LogP contribution in [0, 0.1) is 5.41 Å². The van der Waals surface area contributed by atoms with Gasteiger partial charge >= 0.3 is 0 Å². The average Bonchev–Trinajstić information content (AvgIpc) is 2.69. The Balaban J connectivity index is 1.94. The second kappa shape index (κ2) is 6.11. The van der Waals surface area contributed by atoms with Gasteiger partial charge in [0.25, 0.3) is 0 Å². The molecule has 112 valence electrons. The predicted octanol–water partition coefficient (Wildman–Crippen LogP) is 2.83. The minimum absolute atomic E-state index is 0.128. The maximum Gasteiger partial charge on any atom is 0.0593 e. The standard InChI is InChI=1S/C16H32N2O/c1-4-5-14-11-16(12-17,8-9-19-14)18-13-6-7-15(2,3)10-13/h13-14,18H,4-12,17H2,1-3H3. The summed E-state index contributed by atoms with van der Waals surface area (Å²) in [4.78, 5) is 0. The highest BCUT2D eigenvalue weighted by molar-refractivity contribution is 4.99. The third-order valence-electron chi connectivity index (χ3n) is 5.03. The maximum atomic E-state index is 6.12. The molecule has 3 N–H and O–H groups in total. The van der Waals surface area contributed by atoms with Crippen LogP contribution < -0.4 is 11.1 Å². The van der Waals surface area contributed by atoms with E-state index in [0.29, 0.717) is 17.6 Å². The van der Waals surface area contributed by atoms with Crippen molar-refractivity contribution in [1.82, 2.24) is 5.32 Å². The molecule has 2 fully saturated rings. The molecular weight excluding hydrogens is 236 g/mol. The smallest absolute Gasteiger partial charge is 0.0593 e. The molecule has 0 bridgehead atoms. The zero-order chi connectivity index (χ0) is 13.9. The summed E-state index contributed by atoms with van der Waals surface area (Å²) in [5.74, 6) is 0. The summed E-state index contributed by atoms with van der Waals surface area (Å²) < 4.78 is 5.89. The summed E-state index contributed by atoms with van der Waals surface area (Å²) in [5, 5.41) is 3.92. The largest absolute Gasteiger partial charge is 0.378 e. The van der Waals surface area contributed by atoms with E-state index >= 15 is 0 Å². The van der Waals surface area contributed by atoms with Gasteiger partial charge in [-0.25, -0.2) is 0 Å². The van der Waals surface area contributed by atoms with Crippen LogP contribution in [0.5, 0.6) is 0 Å². The van der Waals surface area contributed by atoms with Crippen LogP contribution in [0.3, 0.4) is 0 Å². The SMILES string of the molecule is CCCC1CC(CN)(NC2CCC(C)(C)C2)CCO1. The number of rotatable bonds is 5. The highest BCUT2D eigenvalue weighted by Crippen LogP contribution is 2.39. The first-order valence-corrected chi connectivity index (χ1v) is 8.08. The molecule has 1 aliphatic heterocycles. The van der Waals surface area contributed by atoms with Gasteiger partial charge in [-0.2, -0.15) is 0 Å². The molecule has 2 rings (SSSR count). The Hall–Kier alpha value is -0.120. The Bertz CT molecular complexity index is 290. The Morgan fingerprint density at radius 1 is 1.26 bits per heavy atom. The minimum atomic E-state index is 0.128. The van der Waals surface area contributed by atoms with Crippen LogP contribution >= 0.6 is 0 Å². The topological polar surface area (TPSA) is 47.3 Å². The van der Waals surface area contributed by atoms with Gasteiger partial charge in [-0.3, -0.25) is 0 Å². The summed E-state index contributed by atoms with van der Waals surface area (Å²) in [6, 6.07) is 0.652. The zero-order valence-electron chi connectivity index (χ0n) is 13.0. The molecule has 0 aromatic heterocycles. The lowest BCUT2D eigenvalue weighted by Crippen LogP contribution is -2.59. The Labute approximate surface area is 118 Å². The molecule has 1 aliphatic carbocycles. The van der Waals surface area contributed by atoms with Crippen LogP contribution in [-0.2, 0) is 4.74 Å². The highest BCUT2D eigenvalue weighted by Gasteiger charge is 2.40. The third kappa shape index (κ3) is 3.93. The first-order valence-electron chi connectivity index (χ1n) is 8.08. The van der Waals surface area contributed by atoms with Crippen molar-refractivity contribution in [3.8, 4) is 0 Å². The van der Waals surface area contributed by atoms with Crippen LogP contribution in [0.2, 0.25) is 0 Å². The van der Waals surface area contributed by atoms with Crippen LogP contribution in [-0.4, -0.2) is 30.8 Å². The molecule has 1 saturated carbocycles. The van der Waals surface area contributed by atoms with Gasteiger partial charge in [0.05, 0.1) is 6.10 Å². The fraction of sp³-hybridized carbons (Fsp3) is 1.00. The molecule has 19 heavy (non-hydrogen) atoms. The molecule has 3 unspecified atom stereocenters. The van der Waals surface area contributed by atoms with E-state index in [1.54, 1.807) is 0 Å². The molecule has 0 aromatic rings. The molecule has 1 heterocycles. The van der Waals surface area contributed by atoms with Crippen molar-refractivity contribution in [3.05, 3.63) is 0 Å². The van der Waals surface area contributed by atoms with Crippen LogP contribution in [0.4, 0.5) is 0 Å². The highest BCUT2D eigenvalue weighted by atomic mass is 16.5. The minimum Gasteiger partial charge on any atom is -0.378 e. The second-order valence-electron chi connectivity index (χ2n) is 7.47. The van der Waals surface area contributed by atoms with E-state index in [9.17, 15) is 0 Å². The van der Waals surface area contributed by atoms with Gasteiger partial charge in [0.15, 0.2) is 0 Å². The number of nitrogens with one attached hydrogen (secondary N) is 1. The molecule has 0 amide bonds. The number of ether oxygens (including phenoxy) is 1. The lowest BCUT2D eigenvalue weighted by molar-refractivity contribution is -0.0336. The molecule has 3 heteroatoms. The first-order chi connectivity index (χ1) is 8.99. The zero-order valence-corrected chi connectivity index (χ0v) is 13.0. The summed E-state index contributed by atoms with van der Waals surface area (Å²) in [6.07, 6.45) is 8.85. The third-order valence-corrected chi connectivity index (χ3v) is 5.03. The van der Waals surface area contributed by atoms with E-state index in [1.807, 2.05) is 0 Å². The van der Waals surface area contributed by atoms with E-state index in [0.717, 1.165) is 26.0 Å². The molecular formula is C16H32N2O. The van der Waals surface area contributed by atoms with Gasteiger partial charge in [0.2, 0.25) is 0 Å². The molecule has 1 saturated heterocycles. The van der Waals surface area contributed by atoms with Crippen LogP contribution in [0.1, 0.15) is 65.7 Å². The Morgan fingerprint density at radius 3 is 2.63 bits per heavy atom. The average molecular weight is 268 g/mol. The predicted molar refractivity (Wildman–Crippen MR) is 80.2 cm³/mol. The van der Waals surface area contributed by atoms with Crippen LogP contribution in [0.25, 0.3) is 0 Å². The lowest BCUT2D eigenvalue weighted by atomic mass is 9.84. The first kappa shape index (κ1) is 15.3. The quantitative estimate of drug-likeness (QED) is 0.806. The van der Waals surface area contributed by atoms with Crippen molar-refractivity contribution >= 4 is 0 Å². The van der Waals surface area contributed by atoms with Gasteiger partial charge in [-0.15, -0.1) is 0 Å². The van der Waals surface area contributed by atoms with Gasteiger partial charge in [0, 0.05) is 24.7 Å². The van der Waals surface area contributed by atoms with Crippen molar-refractivity contribution in [1.29, 1.82) is 0 Å². The van der Waals surface area contributed by atoms with Crippen molar-refractivity contribution in [3.63, 3.8) is 0 Å². The van der Waals surface area contributed by atoms with Gasteiger partial charge in [-0.1, -0.05) is 27.2 Å². The number of hydrogen-bond acceptors (Lipinski definition) is 3. The molecule has 2 aliphatic rings. The van der Waals surface area contributed by atoms with Gasteiger partial charge in [-0.05, 0) is 43.9 Å². The normalized spacial score (nSPS) is 38.5. The fourth-order valence-electron chi connectivity index (χ4n) is 3.89. The fourth-order valence-corrected chi connectivity index (χ4v) is 3.89. The molecule has 3 nitrogen and oxygen atoms in total. The maximum absolute atomic E-state index is 6.12. The van der Waals surface area contributed by atoms with E-state index in [4.69, 9.17) is 10.5 Å². The Morgan fingerprint density at radius 2 is 2.05 bits per heavy atom. The van der Waals surface area contributed by atoms with E-state index in [-0.39, 0.29) is 5.54 Å². The summed E-state index contributed by atoms with van der Waals surface area (Å²) in [5.41, 5.74) is 6.75. The lowest BCUT2D eigenvalue weighted by Gasteiger charge is -2.43. The second-order valence-corrected chi connectivity index (χ2v) is 7.47. The molecule has 0 aromatic carbocycles. The molecule has 0 spiro atoms. The van der Waals surface area contributed by atoms with E-state index < -0.39 is 0 Å². The van der Waals surface area contributed by atoms with Crippen LogP contribution in [0.15, 0.2) is 0 Å². The summed E-state index contributed by atoms with van der Waals surface area (Å²) >= 11 is 0. The molecule has 3 atom stereocenters. The monoisotopic (exact) mass is 268 g/mol. The van der Waals surface area contributed by atoms with Gasteiger partial charge in [0.1, 0.15) is 0 Å². The van der Waals surface area contributed by atoms with Crippen molar-refractivity contribution < 1.29 is 4.74 Å². The summed E-state index contributed by atoms with van der Waals surface area (Å²) in [7, 11) is 0. The Kier molecular flexibility index (Phi) is 4.91. The van der Waals surface area contributed by atoms with Gasteiger partial charge < -0.3 is 15.8 Å². The van der Waals surface area contributed by atoms with Crippen molar-refractivity contribution in [2.45, 2.75) is 83.4 Å². The van der Waals surface area contributed by atoms with E-state index in [1.165, 1.54) is 32.1 Å². The van der Waals surface area contributed by atoms with E-state index in [2.05, 4.69) is 26.1 Å². The molecule has 0 radical (unpaired) electrons.